The summed E-state index contributed by atoms with van der Waals surface area (Å²) in [6.07, 6.45) is 1.95. The molecular formula is C20H22ClFN2O2. The molecular weight excluding hydrogens is 355 g/mol. The summed E-state index contributed by atoms with van der Waals surface area (Å²) in [5.41, 5.74) is 2.50. The minimum Gasteiger partial charge on any atom is -0.495 e. The molecule has 0 spiro atoms. The van der Waals surface area contributed by atoms with Crippen molar-refractivity contribution in [2.24, 2.45) is 0 Å². The molecule has 0 N–H and O–H groups in total. The number of nitrogens with zero attached hydrogens (tertiary/aromatic N) is 2. The fourth-order valence-corrected chi connectivity index (χ4v) is 3.54. The van der Waals surface area contributed by atoms with E-state index in [9.17, 15) is 9.18 Å². The van der Waals surface area contributed by atoms with Crippen LogP contribution in [0.4, 0.5) is 10.1 Å². The van der Waals surface area contributed by atoms with Crippen LogP contribution < -0.4 is 9.64 Å². The van der Waals surface area contributed by atoms with Gasteiger partial charge in [-0.25, -0.2) is 4.39 Å². The highest BCUT2D eigenvalue weighted by molar-refractivity contribution is 6.31. The van der Waals surface area contributed by atoms with E-state index >= 15 is 0 Å². The summed E-state index contributed by atoms with van der Waals surface area (Å²) >= 11 is 6.07. The van der Waals surface area contributed by atoms with Crippen LogP contribution in [0.15, 0.2) is 36.4 Å². The van der Waals surface area contributed by atoms with E-state index < -0.39 is 5.82 Å². The molecule has 4 nitrogen and oxygen atoms in total. The van der Waals surface area contributed by atoms with Gasteiger partial charge in [0.25, 0.3) is 0 Å². The van der Waals surface area contributed by atoms with Gasteiger partial charge in [0.05, 0.1) is 19.3 Å². The Hall–Kier alpha value is -2.27. The van der Waals surface area contributed by atoms with Gasteiger partial charge in [0, 0.05) is 30.7 Å². The van der Waals surface area contributed by atoms with E-state index in [1.54, 1.807) is 26.3 Å². The summed E-state index contributed by atoms with van der Waals surface area (Å²) in [4.78, 5) is 16.3. The van der Waals surface area contributed by atoms with Crippen molar-refractivity contribution < 1.29 is 13.9 Å². The lowest BCUT2D eigenvalue weighted by molar-refractivity contribution is -0.129. The van der Waals surface area contributed by atoms with Crippen molar-refractivity contribution in [3.8, 4) is 5.75 Å². The third kappa shape index (κ3) is 3.78. The Morgan fingerprint density at radius 1 is 1.31 bits per heavy atom. The number of carbonyl (C=O) groups is 1. The Labute approximate surface area is 158 Å². The number of likely N-dealkylation sites (N-methyl/N-ethyl adjacent to an activating group) is 1. The Morgan fingerprint density at radius 3 is 2.81 bits per heavy atom. The molecule has 0 saturated heterocycles. The summed E-state index contributed by atoms with van der Waals surface area (Å²) in [5.74, 6) is 0.278. The number of halogens is 2. The molecule has 2 aromatic rings. The van der Waals surface area contributed by atoms with Crippen molar-refractivity contribution in [2.75, 3.05) is 32.1 Å². The Bertz CT molecular complexity index is 778. The summed E-state index contributed by atoms with van der Waals surface area (Å²) < 4.78 is 19.5. The molecule has 26 heavy (non-hydrogen) atoms. The van der Waals surface area contributed by atoms with Gasteiger partial charge in [-0.1, -0.05) is 29.8 Å². The van der Waals surface area contributed by atoms with Gasteiger partial charge in [0.15, 0.2) is 0 Å². The monoisotopic (exact) mass is 376 g/mol. The molecule has 0 aliphatic carbocycles. The third-order valence-electron chi connectivity index (χ3n) is 4.70. The normalized spacial score (nSPS) is 13.3. The number of benzene rings is 2. The number of aryl methyl sites for hydroxylation is 1. The molecule has 1 amide bonds. The molecule has 0 bridgehead atoms. The zero-order valence-electron chi connectivity index (χ0n) is 15.0. The largest absolute Gasteiger partial charge is 0.495 e. The SMILES string of the molecule is COc1cccc2c1N(CC(=O)N(C)Cc1c(F)cccc1Cl)CCC2. The summed E-state index contributed by atoms with van der Waals surface area (Å²) in [6, 6.07) is 10.5. The number of amides is 1. The topological polar surface area (TPSA) is 32.8 Å². The summed E-state index contributed by atoms with van der Waals surface area (Å²) in [7, 11) is 3.30. The second-order valence-electron chi connectivity index (χ2n) is 6.44. The average Bonchev–Trinajstić information content (AvgIpc) is 2.64. The van der Waals surface area contributed by atoms with Crippen LogP contribution in [0.5, 0.6) is 5.75 Å². The molecule has 0 radical (unpaired) electrons. The fourth-order valence-electron chi connectivity index (χ4n) is 3.32. The van der Waals surface area contributed by atoms with Crippen molar-refractivity contribution >= 4 is 23.2 Å². The van der Waals surface area contributed by atoms with Crippen LogP contribution in [0.3, 0.4) is 0 Å². The van der Waals surface area contributed by atoms with Crippen LogP contribution in [-0.4, -0.2) is 38.1 Å². The molecule has 1 aliphatic rings. The minimum atomic E-state index is -0.401. The maximum atomic E-state index is 14.0. The van der Waals surface area contributed by atoms with E-state index in [0.29, 0.717) is 10.6 Å². The number of rotatable bonds is 5. The van der Waals surface area contributed by atoms with Gasteiger partial charge in [-0.15, -0.1) is 0 Å². The van der Waals surface area contributed by atoms with Crippen LogP contribution in [0.25, 0.3) is 0 Å². The van der Waals surface area contributed by atoms with Crippen LogP contribution >= 0.6 is 11.6 Å². The first kappa shape index (κ1) is 18.5. The van der Waals surface area contributed by atoms with Crippen LogP contribution in [0.1, 0.15) is 17.5 Å². The van der Waals surface area contributed by atoms with Gasteiger partial charge in [-0.2, -0.15) is 0 Å². The molecule has 0 atom stereocenters. The molecule has 0 unspecified atom stereocenters. The number of methoxy groups -OCH3 is 1. The number of fused-ring (bicyclic) bond motifs is 1. The number of hydrogen-bond acceptors (Lipinski definition) is 3. The first-order valence-electron chi connectivity index (χ1n) is 8.59. The lowest BCUT2D eigenvalue weighted by atomic mass is 10.0. The zero-order chi connectivity index (χ0) is 18.7. The lowest BCUT2D eigenvalue weighted by Gasteiger charge is -2.33. The number of anilines is 1. The Kier molecular flexibility index (Phi) is 5.67. The van der Waals surface area contributed by atoms with Gasteiger partial charge in [-0.3, -0.25) is 4.79 Å². The third-order valence-corrected chi connectivity index (χ3v) is 5.06. The highest BCUT2D eigenvalue weighted by atomic mass is 35.5. The van der Waals surface area contributed by atoms with Crippen molar-refractivity contribution in [1.29, 1.82) is 0 Å². The minimum absolute atomic E-state index is 0.0944. The Morgan fingerprint density at radius 2 is 2.08 bits per heavy atom. The molecule has 3 rings (SSSR count). The van der Waals surface area contributed by atoms with Crippen molar-refractivity contribution in [3.63, 3.8) is 0 Å². The molecule has 1 heterocycles. The van der Waals surface area contributed by atoms with Crippen molar-refractivity contribution in [2.45, 2.75) is 19.4 Å². The second kappa shape index (κ2) is 7.96. The predicted molar refractivity (Wildman–Crippen MR) is 101 cm³/mol. The van der Waals surface area contributed by atoms with Gasteiger partial charge >= 0.3 is 0 Å². The summed E-state index contributed by atoms with van der Waals surface area (Å²) in [5, 5.41) is 0.328. The molecule has 138 valence electrons. The number of para-hydroxylation sites is 1. The predicted octanol–water partition coefficient (Wildman–Crippen LogP) is 3.90. The standard InChI is InChI=1S/C20H22ClFN2O2/c1-23(12-15-16(21)8-4-9-17(15)22)19(25)13-24-11-5-7-14-6-3-10-18(26-2)20(14)24/h3-4,6,8-10H,5,7,11-13H2,1-2H3. The van der Waals surface area contributed by atoms with Gasteiger partial charge in [-0.05, 0) is 36.6 Å². The lowest BCUT2D eigenvalue weighted by Crippen LogP contribution is -2.40. The number of hydrogen-bond donors (Lipinski definition) is 0. The number of carbonyl (C=O) groups excluding carboxylic acids is 1. The first-order valence-corrected chi connectivity index (χ1v) is 8.96. The van der Waals surface area contributed by atoms with Gasteiger partial charge < -0.3 is 14.5 Å². The van der Waals surface area contributed by atoms with Gasteiger partial charge in [0.2, 0.25) is 5.91 Å². The van der Waals surface area contributed by atoms with Crippen LogP contribution in [0.2, 0.25) is 5.02 Å². The van der Waals surface area contributed by atoms with E-state index in [2.05, 4.69) is 6.07 Å². The Balaban J connectivity index is 1.75. The quantitative estimate of drug-likeness (QED) is 0.793. The van der Waals surface area contributed by atoms with E-state index in [4.69, 9.17) is 16.3 Å². The first-order chi connectivity index (χ1) is 12.5. The van der Waals surface area contributed by atoms with Crippen LogP contribution in [-0.2, 0) is 17.8 Å². The zero-order valence-corrected chi connectivity index (χ0v) is 15.7. The van der Waals surface area contributed by atoms with E-state index in [-0.39, 0.29) is 19.0 Å². The van der Waals surface area contributed by atoms with Crippen LogP contribution in [0, 0.1) is 5.82 Å². The summed E-state index contributed by atoms with van der Waals surface area (Å²) in [6.45, 7) is 1.14. The highest BCUT2D eigenvalue weighted by Gasteiger charge is 2.24. The fraction of sp³-hybridized carbons (Fsp3) is 0.350. The molecule has 0 saturated carbocycles. The smallest absolute Gasteiger partial charge is 0.242 e. The van der Waals surface area contributed by atoms with E-state index in [1.807, 2.05) is 17.0 Å². The van der Waals surface area contributed by atoms with Crippen molar-refractivity contribution in [3.05, 3.63) is 58.4 Å². The molecule has 6 heteroatoms. The highest BCUT2D eigenvalue weighted by Crippen LogP contribution is 2.36. The van der Waals surface area contributed by atoms with E-state index in [0.717, 1.165) is 30.8 Å². The molecule has 2 aromatic carbocycles. The molecule has 0 fully saturated rings. The van der Waals surface area contributed by atoms with E-state index in [1.165, 1.54) is 16.5 Å². The number of ether oxygens (including phenoxy) is 1. The maximum Gasteiger partial charge on any atom is 0.242 e. The second-order valence-corrected chi connectivity index (χ2v) is 6.85. The van der Waals surface area contributed by atoms with Gasteiger partial charge in [0.1, 0.15) is 11.6 Å². The van der Waals surface area contributed by atoms with Crippen molar-refractivity contribution in [1.82, 2.24) is 4.90 Å². The molecule has 1 aliphatic heterocycles. The maximum absolute atomic E-state index is 14.0. The molecule has 0 aromatic heterocycles. The average molecular weight is 377 g/mol.